The molecule has 23 heavy (non-hydrogen) atoms. The lowest BCUT2D eigenvalue weighted by atomic mass is 9.54. The number of carbonyl (C=O) groups is 2. The highest BCUT2D eigenvalue weighted by Crippen LogP contribution is 2.49. The number of hydrogen-bond donors (Lipinski definition) is 2. The Morgan fingerprint density at radius 1 is 1.26 bits per heavy atom. The molecule has 0 aliphatic heterocycles. The molecule has 0 saturated heterocycles. The molecule has 6 nitrogen and oxygen atoms in total. The van der Waals surface area contributed by atoms with Crippen molar-refractivity contribution in [1.82, 2.24) is 5.32 Å². The van der Waals surface area contributed by atoms with Gasteiger partial charge in [0.15, 0.2) is 0 Å². The first-order chi connectivity index (χ1) is 10.3. The molecule has 0 heterocycles. The molecule has 2 atom stereocenters. The van der Waals surface area contributed by atoms with Crippen LogP contribution in [0.25, 0.3) is 0 Å². The molecule has 136 valence electrons. The number of nitrogens with two attached hydrogens (primary N) is 1. The van der Waals surface area contributed by atoms with Gasteiger partial charge >= 0.3 is 5.97 Å². The quantitative estimate of drug-likeness (QED) is 0.488. The summed E-state index contributed by atoms with van der Waals surface area (Å²) in [5.41, 5.74) is 5.06. The molecule has 0 bridgehead atoms. The maximum Gasteiger partial charge on any atom is 0.305 e. The third-order valence-corrected chi connectivity index (χ3v) is 4.81. The molecule has 0 radical (unpaired) electrons. The molecule has 1 aliphatic carbocycles. The number of unbranched alkanes of at least 4 members (excludes halogenated alkanes) is 2. The predicted molar refractivity (Wildman–Crippen MR) is 91.5 cm³/mol. The Balaban J connectivity index is 0.00000484. The number of hydrogen-bond acceptors (Lipinski definition) is 5. The minimum atomic E-state index is -0.862. The zero-order chi connectivity index (χ0) is 16.8. The van der Waals surface area contributed by atoms with Crippen molar-refractivity contribution in [3.8, 4) is 0 Å². The zero-order valence-electron chi connectivity index (χ0n) is 14.6. The minimum absolute atomic E-state index is 0. The average molecular weight is 351 g/mol. The first-order valence-electron chi connectivity index (χ1n) is 8.05. The number of halogens is 1. The predicted octanol–water partition coefficient (Wildman–Crippen LogP) is 1.79. The molecule has 1 fully saturated rings. The van der Waals surface area contributed by atoms with E-state index in [4.69, 9.17) is 10.5 Å². The van der Waals surface area contributed by atoms with E-state index in [0.29, 0.717) is 26.0 Å². The van der Waals surface area contributed by atoms with Crippen LogP contribution in [-0.4, -0.2) is 43.8 Å². The van der Waals surface area contributed by atoms with Gasteiger partial charge in [-0.1, -0.05) is 20.3 Å². The molecule has 3 N–H and O–H groups in total. The van der Waals surface area contributed by atoms with E-state index in [1.54, 1.807) is 0 Å². The van der Waals surface area contributed by atoms with E-state index in [1.807, 2.05) is 20.8 Å². The molecule has 7 heteroatoms. The van der Waals surface area contributed by atoms with Gasteiger partial charge in [-0.2, -0.15) is 0 Å². The van der Waals surface area contributed by atoms with Crippen LogP contribution < -0.4 is 11.1 Å². The molecule has 0 aromatic carbocycles. The van der Waals surface area contributed by atoms with Gasteiger partial charge in [0.2, 0.25) is 5.91 Å². The average Bonchev–Trinajstić information content (AvgIpc) is 2.49. The molecule has 0 spiro atoms. The lowest BCUT2D eigenvalue weighted by molar-refractivity contribution is -0.170. The van der Waals surface area contributed by atoms with Crippen molar-refractivity contribution in [2.45, 2.75) is 64.5 Å². The first-order valence-corrected chi connectivity index (χ1v) is 8.05. The molecule has 2 unspecified atom stereocenters. The van der Waals surface area contributed by atoms with Crippen LogP contribution in [0, 0.1) is 5.41 Å². The van der Waals surface area contributed by atoms with Crippen LogP contribution in [0.3, 0.4) is 0 Å². The number of nitrogens with one attached hydrogen (secondary N) is 1. The zero-order valence-corrected chi connectivity index (χ0v) is 15.5. The van der Waals surface area contributed by atoms with Crippen molar-refractivity contribution in [3.05, 3.63) is 0 Å². The highest BCUT2D eigenvalue weighted by atomic mass is 35.5. The Hall–Kier alpha value is -0.850. The van der Waals surface area contributed by atoms with E-state index in [1.165, 1.54) is 7.11 Å². The van der Waals surface area contributed by atoms with Gasteiger partial charge in [0, 0.05) is 31.4 Å². The topological polar surface area (TPSA) is 90.6 Å². The smallest absolute Gasteiger partial charge is 0.305 e. The molecular weight excluding hydrogens is 320 g/mol. The Kier molecular flexibility index (Phi) is 9.10. The monoisotopic (exact) mass is 350 g/mol. The number of methoxy groups -OCH3 is 1. The van der Waals surface area contributed by atoms with E-state index in [-0.39, 0.29) is 35.8 Å². The standard InChI is InChI=1S/C16H30N2O4.ClH/c1-5-22-12-11-16(17,15(12,2)3)14(20)18-10-8-6-7-9-13(19)21-4;/h12H,5-11,17H2,1-4H3,(H,18,20);1H. The van der Waals surface area contributed by atoms with Crippen LogP contribution in [0.4, 0.5) is 0 Å². The lowest BCUT2D eigenvalue weighted by Crippen LogP contribution is -2.75. The van der Waals surface area contributed by atoms with Crippen molar-refractivity contribution < 1.29 is 19.1 Å². The Labute approximate surface area is 145 Å². The Morgan fingerprint density at radius 2 is 1.91 bits per heavy atom. The number of ether oxygens (including phenoxy) is 2. The van der Waals surface area contributed by atoms with Crippen molar-refractivity contribution >= 4 is 24.3 Å². The highest BCUT2D eigenvalue weighted by Gasteiger charge is 2.62. The van der Waals surface area contributed by atoms with Crippen LogP contribution in [0.15, 0.2) is 0 Å². The largest absolute Gasteiger partial charge is 0.469 e. The van der Waals surface area contributed by atoms with E-state index < -0.39 is 5.54 Å². The van der Waals surface area contributed by atoms with E-state index in [9.17, 15) is 9.59 Å². The molecule has 1 amide bonds. The minimum Gasteiger partial charge on any atom is -0.469 e. The molecule has 0 aromatic heterocycles. The summed E-state index contributed by atoms with van der Waals surface area (Å²) < 4.78 is 10.2. The fourth-order valence-corrected chi connectivity index (χ4v) is 2.85. The second-order valence-electron chi connectivity index (χ2n) is 6.48. The van der Waals surface area contributed by atoms with Gasteiger partial charge in [-0.15, -0.1) is 12.4 Å². The summed E-state index contributed by atoms with van der Waals surface area (Å²) >= 11 is 0. The van der Waals surface area contributed by atoms with Crippen LogP contribution >= 0.6 is 12.4 Å². The van der Waals surface area contributed by atoms with E-state index in [0.717, 1.165) is 19.3 Å². The summed E-state index contributed by atoms with van der Waals surface area (Å²) in [5, 5.41) is 2.91. The normalized spacial score (nSPS) is 25.0. The second-order valence-corrected chi connectivity index (χ2v) is 6.48. The van der Waals surface area contributed by atoms with Gasteiger partial charge in [-0.05, 0) is 19.8 Å². The summed E-state index contributed by atoms with van der Waals surface area (Å²) in [5.74, 6) is -0.301. The first kappa shape index (κ1) is 22.1. The fourth-order valence-electron chi connectivity index (χ4n) is 2.85. The maximum atomic E-state index is 12.3. The number of esters is 1. The molecule has 0 aromatic rings. The van der Waals surface area contributed by atoms with Crippen molar-refractivity contribution in [1.29, 1.82) is 0 Å². The Morgan fingerprint density at radius 3 is 2.43 bits per heavy atom. The SMILES string of the molecule is CCOC1CC(N)(C(=O)NCCCCCC(=O)OC)C1(C)C.Cl. The fraction of sp³-hybridized carbons (Fsp3) is 0.875. The van der Waals surface area contributed by atoms with Crippen molar-refractivity contribution in [2.75, 3.05) is 20.3 Å². The maximum absolute atomic E-state index is 12.3. The van der Waals surface area contributed by atoms with Crippen LogP contribution in [0.5, 0.6) is 0 Å². The number of rotatable bonds is 9. The van der Waals surface area contributed by atoms with Crippen LogP contribution in [0.1, 0.15) is 52.9 Å². The number of amides is 1. The van der Waals surface area contributed by atoms with Gasteiger partial charge in [-0.3, -0.25) is 9.59 Å². The second kappa shape index (κ2) is 9.45. The van der Waals surface area contributed by atoms with Crippen LogP contribution in [0.2, 0.25) is 0 Å². The van der Waals surface area contributed by atoms with Gasteiger partial charge in [0.05, 0.1) is 13.2 Å². The summed E-state index contributed by atoms with van der Waals surface area (Å²) in [6, 6.07) is 0. The third-order valence-electron chi connectivity index (χ3n) is 4.81. The summed E-state index contributed by atoms with van der Waals surface area (Å²) in [4.78, 5) is 23.3. The summed E-state index contributed by atoms with van der Waals surface area (Å²) in [6.07, 6.45) is 3.49. The summed E-state index contributed by atoms with van der Waals surface area (Å²) in [7, 11) is 1.39. The lowest BCUT2D eigenvalue weighted by Gasteiger charge is -2.57. The highest BCUT2D eigenvalue weighted by molar-refractivity contribution is 5.88. The molecule has 1 saturated carbocycles. The van der Waals surface area contributed by atoms with E-state index >= 15 is 0 Å². The van der Waals surface area contributed by atoms with Gasteiger partial charge < -0.3 is 20.5 Å². The third kappa shape index (κ3) is 5.06. The van der Waals surface area contributed by atoms with Gasteiger partial charge in [0.25, 0.3) is 0 Å². The van der Waals surface area contributed by atoms with Crippen LogP contribution in [-0.2, 0) is 19.1 Å². The van der Waals surface area contributed by atoms with Gasteiger partial charge in [0.1, 0.15) is 5.54 Å². The summed E-state index contributed by atoms with van der Waals surface area (Å²) in [6.45, 7) is 7.11. The van der Waals surface area contributed by atoms with E-state index in [2.05, 4.69) is 10.1 Å². The molecule has 1 aliphatic rings. The van der Waals surface area contributed by atoms with Crippen molar-refractivity contribution in [2.24, 2.45) is 11.1 Å². The molecule has 1 rings (SSSR count). The Bertz CT molecular complexity index is 404. The van der Waals surface area contributed by atoms with Crippen molar-refractivity contribution in [3.63, 3.8) is 0 Å². The number of carbonyl (C=O) groups excluding carboxylic acids is 2. The molecular formula is C16H31ClN2O4. The van der Waals surface area contributed by atoms with Gasteiger partial charge in [-0.25, -0.2) is 0 Å².